The zero-order valence-corrected chi connectivity index (χ0v) is 19.1. The molecule has 0 aliphatic heterocycles. The van der Waals surface area contributed by atoms with E-state index in [1.807, 2.05) is 24.3 Å². The maximum atomic E-state index is 12.7. The van der Waals surface area contributed by atoms with E-state index in [0.717, 1.165) is 18.6 Å². The lowest BCUT2D eigenvalue weighted by Crippen LogP contribution is -2.28. The van der Waals surface area contributed by atoms with Crippen LogP contribution in [0.3, 0.4) is 0 Å². The first-order chi connectivity index (χ1) is 15.4. The molecule has 0 saturated heterocycles. The van der Waals surface area contributed by atoms with Gasteiger partial charge < -0.3 is 10.1 Å². The Hall–Kier alpha value is -3.32. The molecule has 0 spiro atoms. The Balaban J connectivity index is 1.51. The number of hydrogen-bond acceptors (Lipinski definition) is 4. The molecular formula is C25H28N2O4S. The van der Waals surface area contributed by atoms with Gasteiger partial charge in [0.05, 0.1) is 17.1 Å². The maximum absolute atomic E-state index is 12.7. The Labute approximate surface area is 189 Å². The second-order valence-electron chi connectivity index (χ2n) is 7.33. The first-order valence-corrected chi connectivity index (χ1v) is 12.0. The van der Waals surface area contributed by atoms with Gasteiger partial charge in [0.15, 0.2) is 0 Å². The number of anilines is 1. The summed E-state index contributed by atoms with van der Waals surface area (Å²) in [4.78, 5) is 12.6. The summed E-state index contributed by atoms with van der Waals surface area (Å²) >= 11 is 0. The summed E-state index contributed by atoms with van der Waals surface area (Å²) in [7, 11) is -2.17. The van der Waals surface area contributed by atoms with Crippen LogP contribution in [0.25, 0.3) is 0 Å². The van der Waals surface area contributed by atoms with Gasteiger partial charge in [0.1, 0.15) is 12.4 Å². The van der Waals surface area contributed by atoms with Crippen molar-refractivity contribution in [3.63, 3.8) is 0 Å². The van der Waals surface area contributed by atoms with Crippen molar-refractivity contribution >= 4 is 21.6 Å². The highest BCUT2D eigenvalue weighted by Gasteiger charge is 2.21. The van der Waals surface area contributed by atoms with Crippen LogP contribution in [0, 0.1) is 0 Å². The van der Waals surface area contributed by atoms with Crippen molar-refractivity contribution in [1.82, 2.24) is 5.32 Å². The van der Waals surface area contributed by atoms with Crippen LogP contribution in [0.4, 0.5) is 5.69 Å². The van der Waals surface area contributed by atoms with E-state index < -0.39 is 10.0 Å². The lowest BCUT2D eigenvalue weighted by atomic mass is 10.1. The van der Waals surface area contributed by atoms with Crippen LogP contribution in [0.2, 0.25) is 0 Å². The van der Waals surface area contributed by atoms with Gasteiger partial charge in [-0.1, -0.05) is 43.7 Å². The van der Waals surface area contributed by atoms with Crippen LogP contribution in [-0.2, 0) is 16.4 Å². The Kier molecular flexibility index (Phi) is 7.89. The number of benzene rings is 3. The fourth-order valence-electron chi connectivity index (χ4n) is 3.19. The maximum Gasteiger partial charge on any atom is 0.264 e. The third-order valence-corrected chi connectivity index (χ3v) is 6.81. The van der Waals surface area contributed by atoms with Gasteiger partial charge in [-0.25, -0.2) is 8.42 Å². The number of carbonyl (C=O) groups excluding carboxylic acids is 1. The molecule has 0 unspecified atom stereocenters. The van der Waals surface area contributed by atoms with Crippen LogP contribution >= 0.6 is 0 Å². The molecular weight excluding hydrogens is 424 g/mol. The van der Waals surface area contributed by atoms with Gasteiger partial charge in [0.2, 0.25) is 0 Å². The first-order valence-electron chi connectivity index (χ1n) is 10.6. The molecule has 0 heterocycles. The highest BCUT2D eigenvalue weighted by atomic mass is 32.2. The molecule has 0 saturated carbocycles. The van der Waals surface area contributed by atoms with Crippen LogP contribution < -0.4 is 14.4 Å². The van der Waals surface area contributed by atoms with Gasteiger partial charge in [-0.2, -0.15) is 0 Å². The number of nitrogens with zero attached hydrogens (tertiary/aromatic N) is 1. The van der Waals surface area contributed by atoms with Gasteiger partial charge in [-0.15, -0.1) is 0 Å². The number of rotatable bonds is 10. The number of aryl methyl sites for hydroxylation is 1. The number of sulfonamides is 1. The lowest BCUT2D eigenvalue weighted by molar-refractivity contribution is 0.0947. The van der Waals surface area contributed by atoms with Gasteiger partial charge in [-0.05, 0) is 60.5 Å². The van der Waals surface area contributed by atoms with Crippen molar-refractivity contribution in [2.75, 3.05) is 24.5 Å². The van der Waals surface area contributed by atoms with E-state index in [0.29, 0.717) is 24.4 Å². The zero-order valence-electron chi connectivity index (χ0n) is 18.3. The summed E-state index contributed by atoms with van der Waals surface area (Å²) in [5.41, 5.74) is 2.20. The minimum Gasteiger partial charge on any atom is -0.492 e. The summed E-state index contributed by atoms with van der Waals surface area (Å²) in [5, 5.41) is 2.81. The molecule has 168 valence electrons. The zero-order chi connectivity index (χ0) is 23.0. The molecule has 0 radical (unpaired) electrons. The normalized spacial score (nSPS) is 11.1. The van der Waals surface area contributed by atoms with Crippen molar-refractivity contribution in [2.45, 2.75) is 24.7 Å². The second-order valence-corrected chi connectivity index (χ2v) is 9.30. The highest BCUT2D eigenvalue weighted by Crippen LogP contribution is 2.22. The molecule has 1 amide bonds. The quantitative estimate of drug-likeness (QED) is 0.466. The average Bonchev–Trinajstić information content (AvgIpc) is 2.83. The standard InChI is InChI=1S/C25H28N2O4S/c1-3-7-20-10-16-23(17-11-20)31-19-18-26-25(28)21-12-14-22(15-13-21)27(2)32(29,30)24-8-5-4-6-9-24/h4-6,8-17H,3,7,18-19H2,1-2H3,(H,26,28). The monoisotopic (exact) mass is 452 g/mol. The Morgan fingerprint density at radius 2 is 1.59 bits per heavy atom. The van der Waals surface area contributed by atoms with Crippen LogP contribution in [0.5, 0.6) is 5.75 Å². The van der Waals surface area contributed by atoms with Gasteiger partial charge >= 0.3 is 0 Å². The molecule has 0 aliphatic rings. The molecule has 32 heavy (non-hydrogen) atoms. The predicted molar refractivity (Wildman–Crippen MR) is 127 cm³/mol. The fourth-order valence-corrected chi connectivity index (χ4v) is 4.41. The Morgan fingerprint density at radius 1 is 0.938 bits per heavy atom. The molecule has 3 aromatic carbocycles. The third kappa shape index (κ3) is 5.88. The van der Waals surface area contributed by atoms with Crippen molar-refractivity contribution in [2.24, 2.45) is 0 Å². The average molecular weight is 453 g/mol. The second kappa shape index (κ2) is 10.8. The summed E-state index contributed by atoms with van der Waals surface area (Å²) in [6, 6.07) is 22.6. The van der Waals surface area contributed by atoms with Crippen LogP contribution in [0.1, 0.15) is 29.3 Å². The molecule has 1 N–H and O–H groups in total. The molecule has 3 rings (SSSR count). The van der Waals surface area contributed by atoms with Crippen LogP contribution in [0.15, 0.2) is 83.8 Å². The minimum atomic E-state index is -3.66. The molecule has 0 fully saturated rings. The molecule has 7 heteroatoms. The SMILES string of the molecule is CCCc1ccc(OCCNC(=O)c2ccc(N(C)S(=O)(=O)c3ccccc3)cc2)cc1. The third-order valence-electron chi connectivity index (χ3n) is 5.01. The Morgan fingerprint density at radius 3 is 2.22 bits per heavy atom. The summed E-state index contributed by atoms with van der Waals surface area (Å²) < 4.78 is 32.3. The summed E-state index contributed by atoms with van der Waals surface area (Å²) in [6.45, 7) is 2.86. The Bertz CT molecular complexity index is 1110. The highest BCUT2D eigenvalue weighted by molar-refractivity contribution is 7.92. The van der Waals surface area contributed by atoms with Crippen molar-refractivity contribution in [3.8, 4) is 5.75 Å². The van der Waals surface area contributed by atoms with E-state index in [4.69, 9.17) is 4.74 Å². The summed E-state index contributed by atoms with van der Waals surface area (Å²) in [6.07, 6.45) is 2.15. The first kappa shape index (κ1) is 23.3. The molecule has 6 nitrogen and oxygen atoms in total. The van der Waals surface area contributed by atoms with Gasteiger partial charge in [-0.3, -0.25) is 9.10 Å². The van der Waals surface area contributed by atoms with E-state index in [1.165, 1.54) is 16.9 Å². The van der Waals surface area contributed by atoms with Crippen molar-refractivity contribution < 1.29 is 17.9 Å². The number of carbonyl (C=O) groups is 1. The molecule has 0 bridgehead atoms. The van der Waals surface area contributed by atoms with E-state index in [-0.39, 0.29) is 10.8 Å². The van der Waals surface area contributed by atoms with Crippen molar-refractivity contribution in [1.29, 1.82) is 0 Å². The lowest BCUT2D eigenvalue weighted by Gasteiger charge is -2.19. The number of amides is 1. The van der Waals surface area contributed by atoms with E-state index in [2.05, 4.69) is 12.2 Å². The largest absolute Gasteiger partial charge is 0.492 e. The van der Waals surface area contributed by atoms with E-state index in [9.17, 15) is 13.2 Å². The van der Waals surface area contributed by atoms with Gasteiger partial charge in [0.25, 0.3) is 15.9 Å². The van der Waals surface area contributed by atoms with Crippen molar-refractivity contribution in [3.05, 3.63) is 90.0 Å². The molecule has 3 aromatic rings. The van der Waals surface area contributed by atoms with Crippen LogP contribution in [-0.4, -0.2) is 34.5 Å². The molecule has 0 aromatic heterocycles. The number of hydrogen-bond donors (Lipinski definition) is 1. The summed E-state index contributed by atoms with van der Waals surface area (Å²) in [5.74, 6) is 0.526. The van der Waals surface area contributed by atoms with Gasteiger partial charge in [0, 0.05) is 12.6 Å². The smallest absolute Gasteiger partial charge is 0.264 e. The number of nitrogens with one attached hydrogen (secondary N) is 1. The topological polar surface area (TPSA) is 75.7 Å². The molecule has 0 atom stereocenters. The fraction of sp³-hybridized carbons (Fsp3) is 0.240. The predicted octanol–water partition coefficient (Wildman–Crippen LogP) is 4.27. The minimum absolute atomic E-state index is 0.212. The van der Waals surface area contributed by atoms with E-state index in [1.54, 1.807) is 54.6 Å². The van der Waals surface area contributed by atoms with E-state index >= 15 is 0 Å². The number of ether oxygens (including phenoxy) is 1. The molecule has 0 aliphatic carbocycles.